The summed E-state index contributed by atoms with van der Waals surface area (Å²) in [6.07, 6.45) is 2.70. The Morgan fingerprint density at radius 1 is 1.18 bits per heavy atom. The van der Waals surface area contributed by atoms with Gasteiger partial charge in [-0.05, 0) is 25.8 Å². The van der Waals surface area contributed by atoms with Crippen LogP contribution in [0, 0.1) is 5.92 Å². The fraction of sp³-hybridized carbons (Fsp3) is 1.00. The SMILES string of the molecule is CC.CNN1CCC(C)CC1. The lowest BCUT2D eigenvalue weighted by Crippen LogP contribution is -2.40. The minimum atomic E-state index is 0.939. The zero-order valence-corrected chi connectivity index (χ0v) is 8.35. The van der Waals surface area contributed by atoms with Gasteiger partial charge in [-0.25, -0.2) is 5.01 Å². The average Bonchev–Trinajstić information content (AvgIpc) is 2.10. The minimum absolute atomic E-state index is 0.939. The molecule has 0 aromatic rings. The molecule has 1 aliphatic rings. The van der Waals surface area contributed by atoms with Crippen molar-refractivity contribution in [1.29, 1.82) is 0 Å². The molecular formula is C9H22N2. The van der Waals surface area contributed by atoms with Gasteiger partial charge in [0.2, 0.25) is 0 Å². The van der Waals surface area contributed by atoms with Crippen LogP contribution >= 0.6 is 0 Å². The second kappa shape index (κ2) is 6.62. The number of hydrogen-bond acceptors (Lipinski definition) is 2. The van der Waals surface area contributed by atoms with E-state index in [1.165, 1.54) is 25.9 Å². The normalized spacial score (nSPS) is 20.7. The molecule has 1 fully saturated rings. The number of hydrazine groups is 1. The molecule has 1 N–H and O–H groups in total. The smallest absolute Gasteiger partial charge is 0.0133 e. The molecule has 0 aliphatic carbocycles. The Bertz CT molecular complexity index is 75.6. The Kier molecular flexibility index (Phi) is 6.57. The van der Waals surface area contributed by atoms with Gasteiger partial charge in [-0.15, -0.1) is 0 Å². The van der Waals surface area contributed by atoms with E-state index in [2.05, 4.69) is 17.4 Å². The lowest BCUT2D eigenvalue weighted by molar-refractivity contribution is 0.143. The Morgan fingerprint density at radius 2 is 1.64 bits per heavy atom. The van der Waals surface area contributed by atoms with Crippen LogP contribution in [0.1, 0.15) is 33.6 Å². The molecule has 11 heavy (non-hydrogen) atoms. The molecule has 1 aliphatic heterocycles. The van der Waals surface area contributed by atoms with Crippen molar-refractivity contribution in [3.63, 3.8) is 0 Å². The summed E-state index contributed by atoms with van der Waals surface area (Å²) in [4.78, 5) is 0. The summed E-state index contributed by atoms with van der Waals surface area (Å²) in [5, 5.41) is 2.28. The van der Waals surface area contributed by atoms with Gasteiger partial charge in [-0.3, -0.25) is 5.43 Å². The number of hydrogen-bond donors (Lipinski definition) is 1. The molecule has 0 bridgehead atoms. The number of nitrogens with one attached hydrogen (secondary N) is 1. The van der Waals surface area contributed by atoms with Gasteiger partial charge in [-0.1, -0.05) is 20.8 Å². The zero-order valence-electron chi connectivity index (χ0n) is 8.35. The topological polar surface area (TPSA) is 15.3 Å². The fourth-order valence-corrected chi connectivity index (χ4v) is 1.23. The molecule has 2 heteroatoms. The molecule has 2 nitrogen and oxygen atoms in total. The summed E-state index contributed by atoms with van der Waals surface area (Å²) in [5.41, 5.74) is 3.16. The molecule has 1 saturated heterocycles. The van der Waals surface area contributed by atoms with Gasteiger partial charge in [0, 0.05) is 13.1 Å². The van der Waals surface area contributed by atoms with Crippen molar-refractivity contribution < 1.29 is 0 Å². The standard InChI is InChI=1S/C7H16N2.C2H6/c1-7-3-5-9(8-2)6-4-7;1-2/h7-8H,3-6H2,1-2H3;1-2H3. The molecule has 0 aromatic heterocycles. The first-order valence-corrected chi connectivity index (χ1v) is 4.75. The summed E-state index contributed by atoms with van der Waals surface area (Å²) in [5.74, 6) is 0.939. The van der Waals surface area contributed by atoms with Gasteiger partial charge in [0.1, 0.15) is 0 Å². The van der Waals surface area contributed by atoms with E-state index in [1.807, 2.05) is 20.9 Å². The van der Waals surface area contributed by atoms with Crippen LogP contribution in [0.3, 0.4) is 0 Å². The quantitative estimate of drug-likeness (QED) is 0.627. The van der Waals surface area contributed by atoms with Crippen molar-refractivity contribution in [2.45, 2.75) is 33.6 Å². The molecule has 0 saturated carbocycles. The van der Waals surface area contributed by atoms with Crippen molar-refractivity contribution >= 4 is 0 Å². The maximum absolute atomic E-state index is 3.16. The molecule has 0 spiro atoms. The molecule has 0 unspecified atom stereocenters. The van der Waals surface area contributed by atoms with Crippen LogP contribution in [0.2, 0.25) is 0 Å². The molecule has 68 valence electrons. The van der Waals surface area contributed by atoms with E-state index in [0.717, 1.165) is 5.92 Å². The van der Waals surface area contributed by atoms with Gasteiger partial charge in [0.25, 0.3) is 0 Å². The average molecular weight is 158 g/mol. The molecule has 0 amide bonds. The van der Waals surface area contributed by atoms with Gasteiger partial charge < -0.3 is 0 Å². The Hall–Kier alpha value is -0.0800. The Balaban J connectivity index is 0.000000461. The van der Waals surface area contributed by atoms with Gasteiger partial charge in [0.15, 0.2) is 0 Å². The molecule has 0 atom stereocenters. The summed E-state index contributed by atoms with van der Waals surface area (Å²) < 4.78 is 0. The first-order chi connectivity index (χ1) is 5.33. The maximum atomic E-state index is 3.16. The van der Waals surface area contributed by atoms with Gasteiger partial charge >= 0.3 is 0 Å². The van der Waals surface area contributed by atoms with Crippen molar-refractivity contribution in [2.75, 3.05) is 20.1 Å². The molecule has 0 radical (unpaired) electrons. The van der Waals surface area contributed by atoms with E-state index in [0.29, 0.717) is 0 Å². The third-order valence-electron chi connectivity index (χ3n) is 2.10. The van der Waals surface area contributed by atoms with Gasteiger partial charge in [-0.2, -0.15) is 0 Å². The van der Waals surface area contributed by atoms with Crippen molar-refractivity contribution in [1.82, 2.24) is 10.4 Å². The Labute approximate surface area is 70.9 Å². The van der Waals surface area contributed by atoms with Crippen LogP contribution < -0.4 is 5.43 Å². The van der Waals surface area contributed by atoms with Crippen LogP contribution in [0.4, 0.5) is 0 Å². The van der Waals surface area contributed by atoms with Crippen molar-refractivity contribution in [3.05, 3.63) is 0 Å². The van der Waals surface area contributed by atoms with Crippen LogP contribution in [0.5, 0.6) is 0 Å². The van der Waals surface area contributed by atoms with Crippen LogP contribution in [-0.2, 0) is 0 Å². The summed E-state index contributed by atoms with van der Waals surface area (Å²) in [6.45, 7) is 8.77. The number of rotatable bonds is 1. The monoisotopic (exact) mass is 158 g/mol. The second-order valence-electron chi connectivity index (χ2n) is 2.89. The lowest BCUT2D eigenvalue weighted by atomic mass is 10.0. The minimum Gasteiger partial charge on any atom is -0.258 e. The largest absolute Gasteiger partial charge is 0.258 e. The van der Waals surface area contributed by atoms with E-state index in [9.17, 15) is 0 Å². The highest BCUT2D eigenvalue weighted by molar-refractivity contribution is 4.65. The van der Waals surface area contributed by atoms with Crippen LogP contribution in [-0.4, -0.2) is 25.1 Å². The highest BCUT2D eigenvalue weighted by Gasteiger charge is 2.12. The molecule has 0 aromatic carbocycles. The highest BCUT2D eigenvalue weighted by Crippen LogP contribution is 2.13. The van der Waals surface area contributed by atoms with E-state index in [4.69, 9.17) is 0 Å². The van der Waals surface area contributed by atoms with Crippen LogP contribution in [0.25, 0.3) is 0 Å². The third kappa shape index (κ3) is 4.38. The highest BCUT2D eigenvalue weighted by atomic mass is 15.5. The van der Waals surface area contributed by atoms with E-state index < -0.39 is 0 Å². The second-order valence-corrected chi connectivity index (χ2v) is 2.89. The number of nitrogens with zero attached hydrogens (tertiary/aromatic N) is 1. The van der Waals surface area contributed by atoms with Crippen molar-refractivity contribution in [2.24, 2.45) is 5.92 Å². The Morgan fingerprint density at radius 3 is 2.00 bits per heavy atom. The third-order valence-corrected chi connectivity index (χ3v) is 2.10. The maximum Gasteiger partial charge on any atom is 0.0133 e. The molecule has 1 heterocycles. The number of piperidine rings is 1. The molecular weight excluding hydrogens is 136 g/mol. The lowest BCUT2D eigenvalue weighted by Gasteiger charge is -2.28. The summed E-state index contributed by atoms with van der Waals surface area (Å²) in [7, 11) is 2.00. The van der Waals surface area contributed by atoms with E-state index in [-0.39, 0.29) is 0 Å². The van der Waals surface area contributed by atoms with Crippen LogP contribution in [0.15, 0.2) is 0 Å². The summed E-state index contributed by atoms with van der Waals surface area (Å²) >= 11 is 0. The molecule has 1 rings (SSSR count). The summed E-state index contributed by atoms with van der Waals surface area (Å²) in [6, 6.07) is 0. The first kappa shape index (κ1) is 10.9. The first-order valence-electron chi connectivity index (χ1n) is 4.75. The zero-order chi connectivity index (χ0) is 8.69. The van der Waals surface area contributed by atoms with Crippen molar-refractivity contribution in [3.8, 4) is 0 Å². The van der Waals surface area contributed by atoms with E-state index in [1.54, 1.807) is 0 Å². The van der Waals surface area contributed by atoms with Gasteiger partial charge in [0.05, 0.1) is 0 Å². The predicted octanol–water partition coefficient (Wildman–Crippen LogP) is 1.88. The van der Waals surface area contributed by atoms with E-state index >= 15 is 0 Å². The predicted molar refractivity (Wildman–Crippen MR) is 50.4 cm³/mol. The fourth-order valence-electron chi connectivity index (χ4n) is 1.23.